The van der Waals surface area contributed by atoms with Gasteiger partial charge in [-0.3, -0.25) is 14.6 Å². The predicted octanol–water partition coefficient (Wildman–Crippen LogP) is 1.86. The van der Waals surface area contributed by atoms with E-state index in [2.05, 4.69) is 4.98 Å². The third-order valence-electron chi connectivity index (χ3n) is 3.36. The first-order valence-electron chi connectivity index (χ1n) is 7.25. The minimum absolute atomic E-state index is 0.0650. The van der Waals surface area contributed by atoms with Crippen LogP contribution in [0.1, 0.15) is 37.7 Å². The molecule has 0 aliphatic heterocycles. The number of hydrogen-bond acceptors (Lipinski definition) is 4. The van der Waals surface area contributed by atoms with E-state index in [0.717, 1.165) is 5.69 Å². The van der Waals surface area contributed by atoms with Gasteiger partial charge in [-0.2, -0.15) is 0 Å². The molecule has 0 atom stereocenters. The van der Waals surface area contributed by atoms with Crippen LogP contribution in [-0.2, 0) is 4.79 Å². The zero-order chi connectivity index (χ0) is 15.8. The van der Waals surface area contributed by atoms with Gasteiger partial charge in [-0.25, -0.2) is 0 Å². The number of aromatic nitrogens is 1. The van der Waals surface area contributed by atoms with E-state index in [9.17, 15) is 9.59 Å². The molecule has 116 valence electrons. The number of rotatable bonds is 8. The summed E-state index contributed by atoms with van der Waals surface area (Å²) >= 11 is 0. The first-order valence-corrected chi connectivity index (χ1v) is 7.25. The minimum atomic E-state index is -0.832. The van der Waals surface area contributed by atoms with E-state index in [-0.39, 0.29) is 12.3 Å². The van der Waals surface area contributed by atoms with Gasteiger partial charge in [-0.05, 0) is 32.9 Å². The maximum Gasteiger partial charge on any atom is 0.305 e. The molecule has 21 heavy (non-hydrogen) atoms. The van der Waals surface area contributed by atoms with Gasteiger partial charge in [0.25, 0.3) is 5.91 Å². The highest BCUT2D eigenvalue weighted by atomic mass is 16.4. The molecule has 0 spiro atoms. The van der Waals surface area contributed by atoms with Crippen molar-refractivity contribution in [3.05, 3.63) is 24.0 Å². The highest BCUT2D eigenvalue weighted by Gasteiger charge is 2.15. The Labute approximate surface area is 125 Å². The van der Waals surface area contributed by atoms with E-state index in [1.807, 2.05) is 25.7 Å². The number of carbonyl (C=O) groups excluding carboxylic acids is 1. The van der Waals surface area contributed by atoms with Crippen molar-refractivity contribution < 1.29 is 14.7 Å². The zero-order valence-corrected chi connectivity index (χ0v) is 12.9. The molecule has 1 rings (SSSR count). The number of aliphatic carboxylic acids is 1. The predicted molar refractivity (Wildman–Crippen MR) is 81.6 cm³/mol. The molecule has 0 aliphatic rings. The Morgan fingerprint density at radius 3 is 2.38 bits per heavy atom. The summed E-state index contributed by atoms with van der Waals surface area (Å²) in [5.41, 5.74) is 1.22. The molecule has 1 heterocycles. The van der Waals surface area contributed by atoms with Crippen molar-refractivity contribution in [2.75, 3.05) is 31.1 Å². The molecule has 6 nitrogen and oxygen atoms in total. The normalized spacial score (nSPS) is 10.2. The molecule has 0 unspecified atom stereocenters. The fourth-order valence-corrected chi connectivity index (χ4v) is 2.11. The fraction of sp³-hybridized carbons (Fsp3) is 0.533. The van der Waals surface area contributed by atoms with Crippen LogP contribution < -0.4 is 4.90 Å². The maximum atomic E-state index is 12.3. The second-order valence-corrected chi connectivity index (χ2v) is 4.60. The van der Waals surface area contributed by atoms with Crippen molar-refractivity contribution in [3.63, 3.8) is 0 Å². The van der Waals surface area contributed by atoms with E-state index in [1.165, 1.54) is 0 Å². The topological polar surface area (TPSA) is 73.7 Å². The van der Waals surface area contributed by atoms with E-state index in [0.29, 0.717) is 31.9 Å². The Morgan fingerprint density at radius 1 is 1.19 bits per heavy atom. The van der Waals surface area contributed by atoms with Crippen molar-refractivity contribution in [1.82, 2.24) is 9.88 Å². The number of carbonyl (C=O) groups is 2. The number of pyridine rings is 1. The average molecular weight is 293 g/mol. The van der Waals surface area contributed by atoms with Gasteiger partial charge in [0.1, 0.15) is 5.69 Å². The summed E-state index contributed by atoms with van der Waals surface area (Å²) in [4.78, 5) is 30.7. The minimum Gasteiger partial charge on any atom is -0.481 e. The van der Waals surface area contributed by atoms with Crippen molar-refractivity contribution in [2.45, 2.75) is 27.2 Å². The van der Waals surface area contributed by atoms with Crippen LogP contribution in [0, 0.1) is 0 Å². The molecule has 0 saturated heterocycles. The molecule has 0 radical (unpaired) electrons. The fourth-order valence-electron chi connectivity index (χ4n) is 2.11. The van der Waals surface area contributed by atoms with Crippen LogP contribution in [0.5, 0.6) is 0 Å². The molecule has 0 aromatic carbocycles. The van der Waals surface area contributed by atoms with Gasteiger partial charge >= 0.3 is 5.97 Å². The molecule has 0 fully saturated rings. The molecule has 1 amide bonds. The van der Waals surface area contributed by atoms with Crippen LogP contribution in [0.4, 0.5) is 5.69 Å². The number of amides is 1. The third-order valence-corrected chi connectivity index (χ3v) is 3.36. The van der Waals surface area contributed by atoms with Crippen molar-refractivity contribution in [1.29, 1.82) is 0 Å². The van der Waals surface area contributed by atoms with E-state index in [4.69, 9.17) is 5.11 Å². The zero-order valence-electron chi connectivity index (χ0n) is 12.9. The maximum absolute atomic E-state index is 12.3. The first kappa shape index (κ1) is 16.9. The number of anilines is 1. The van der Waals surface area contributed by atoms with Gasteiger partial charge in [0.2, 0.25) is 0 Å². The number of carboxylic acid groups (broad SMARTS) is 1. The van der Waals surface area contributed by atoms with Gasteiger partial charge in [0.15, 0.2) is 0 Å². The highest BCUT2D eigenvalue weighted by molar-refractivity contribution is 5.93. The molecular weight excluding hydrogens is 270 g/mol. The molecule has 6 heteroatoms. The quantitative estimate of drug-likeness (QED) is 0.792. The summed E-state index contributed by atoms with van der Waals surface area (Å²) in [5.74, 6) is -0.932. The van der Waals surface area contributed by atoms with Crippen LogP contribution in [0.15, 0.2) is 18.3 Å². The highest BCUT2D eigenvalue weighted by Crippen LogP contribution is 2.16. The molecule has 0 aliphatic carbocycles. The number of hydrogen-bond donors (Lipinski definition) is 1. The Bertz CT molecular complexity index is 487. The Balaban J connectivity index is 2.92. The van der Waals surface area contributed by atoms with Crippen LogP contribution in [0.3, 0.4) is 0 Å². The molecule has 1 aromatic rings. The van der Waals surface area contributed by atoms with Gasteiger partial charge in [0, 0.05) is 38.1 Å². The lowest BCUT2D eigenvalue weighted by atomic mass is 10.2. The van der Waals surface area contributed by atoms with Crippen LogP contribution in [0.2, 0.25) is 0 Å². The lowest BCUT2D eigenvalue weighted by Crippen LogP contribution is -2.31. The van der Waals surface area contributed by atoms with Gasteiger partial charge < -0.3 is 14.9 Å². The molecule has 1 aromatic heterocycles. The number of nitrogens with zero attached hydrogens (tertiary/aromatic N) is 3. The number of carboxylic acids is 1. The largest absolute Gasteiger partial charge is 0.481 e. The summed E-state index contributed by atoms with van der Waals surface area (Å²) < 4.78 is 0. The summed E-state index contributed by atoms with van der Waals surface area (Å²) in [5, 5.41) is 8.78. The van der Waals surface area contributed by atoms with Gasteiger partial charge in [0.05, 0.1) is 6.42 Å². The monoisotopic (exact) mass is 293 g/mol. The molecule has 0 bridgehead atoms. The second kappa shape index (κ2) is 8.24. The van der Waals surface area contributed by atoms with E-state index < -0.39 is 5.97 Å². The Kier molecular flexibility index (Phi) is 6.65. The summed E-state index contributed by atoms with van der Waals surface area (Å²) in [6.45, 7) is 8.17. The van der Waals surface area contributed by atoms with Crippen molar-refractivity contribution in [2.24, 2.45) is 0 Å². The lowest BCUT2D eigenvalue weighted by Gasteiger charge is -2.23. The summed E-state index contributed by atoms with van der Waals surface area (Å²) in [6, 6.07) is 3.52. The summed E-state index contributed by atoms with van der Waals surface area (Å²) in [6.07, 6.45) is 1.66. The van der Waals surface area contributed by atoms with Crippen LogP contribution in [-0.4, -0.2) is 53.0 Å². The Morgan fingerprint density at radius 2 is 1.86 bits per heavy atom. The smallest absolute Gasteiger partial charge is 0.305 e. The van der Waals surface area contributed by atoms with E-state index >= 15 is 0 Å². The molecule has 1 N–H and O–H groups in total. The standard InChI is InChI=1S/C15H23N3O3/c1-4-17(5-2)15(21)13-11-12(7-9-16-13)18(6-3)10-8-14(19)20/h7,9,11H,4-6,8,10H2,1-3H3,(H,19,20). The van der Waals surface area contributed by atoms with Gasteiger partial charge in [-0.15, -0.1) is 0 Å². The van der Waals surface area contributed by atoms with Gasteiger partial charge in [-0.1, -0.05) is 0 Å². The van der Waals surface area contributed by atoms with Crippen LogP contribution in [0.25, 0.3) is 0 Å². The lowest BCUT2D eigenvalue weighted by molar-refractivity contribution is -0.136. The second-order valence-electron chi connectivity index (χ2n) is 4.60. The SMILES string of the molecule is CCN(CC)C(=O)c1cc(N(CC)CCC(=O)O)ccn1. The summed E-state index contributed by atoms with van der Waals surface area (Å²) in [7, 11) is 0. The molecular formula is C15H23N3O3. The first-order chi connectivity index (χ1) is 10.0. The molecule has 0 saturated carbocycles. The van der Waals surface area contributed by atoms with E-state index in [1.54, 1.807) is 23.2 Å². The average Bonchev–Trinajstić information content (AvgIpc) is 2.49. The van der Waals surface area contributed by atoms with Crippen molar-refractivity contribution in [3.8, 4) is 0 Å². The van der Waals surface area contributed by atoms with Crippen LogP contribution >= 0.6 is 0 Å². The third kappa shape index (κ3) is 4.73. The Hall–Kier alpha value is -2.11. The van der Waals surface area contributed by atoms with Crippen molar-refractivity contribution >= 4 is 17.6 Å².